The van der Waals surface area contributed by atoms with Crippen LogP contribution in [0.4, 0.5) is 15.2 Å². The number of benzene rings is 2. The minimum atomic E-state index is -0.297. The fourth-order valence-corrected chi connectivity index (χ4v) is 4.71. The maximum atomic E-state index is 13.0. The van der Waals surface area contributed by atoms with Crippen molar-refractivity contribution in [3.63, 3.8) is 0 Å². The Morgan fingerprint density at radius 1 is 1.33 bits per heavy atom. The summed E-state index contributed by atoms with van der Waals surface area (Å²) in [7, 11) is 2.10. The number of hydrogen-bond donors (Lipinski definition) is 2. The average molecular weight is 425 g/mol. The van der Waals surface area contributed by atoms with Crippen LogP contribution in [0.3, 0.4) is 0 Å². The number of halogens is 1. The Bertz CT molecular complexity index is 1060. The predicted octanol–water partition coefficient (Wildman–Crippen LogP) is 4.52. The molecule has 2 unspecified atom stereocenters. The summed E-state index contributed by atoms with van der Waals surface area (Å²) >= 11 is 1.63. The molecule has 156 valence electrons. The molecule has 2 N–H and O–H groups in total. The van der Waals surface area contributed by atoms with Crippen LogP contribution in [-0.4, -0.2) is 37.1 Å². The van der Waals surface area contributed by atoms with E-state index in [1.54, 1.807) is 29.5 Å². The quantitative estimate of drug-likeness (QED) is 0.571. The zero-order valence-electron chi connectivity index (χ0n) is 17.1. The van der Waals surface area contributed by atoms with Crippen molar-refractivity contribution in [3.05, 3.63) is 59.9 Å². The summed E-state index contributed by atoms with van der Waals surface area (Å²) in [5.74, 6) is 0.0985. The van der Waals surface area contributed by atoms with Crippen molar-refractivity contribution in [2.75, 3.05) is 30.4 Å². The number of thiazole rings is 1. The first-order valence-electron chi connectivity index (χ1n) is 10.1. The fourth-order valence-electron chi connectivity index (χ4n) is 3.65. The van der Waals surface area contributed by atoms with Gasteiger partial charge in [0.2, 0.25) is 5.91 Å². The van der Waals surface area contributed by atoms with Gasteiger partial charge < -0.3 is 15.5 Å². The number of nitrogens with one attached hydrogen (secondary N) is 2. The normalized spacial score (nSPS) is 17.5. The van der Waals surface area contributed by atoms with Crippen molar-refractivity contribution in [2.24, 2.45) is 5.92 Å². The number of fused-ring (bicyclic) bond motifs is 1. The van der Waals surface area contributed by atoms with Crippen molar-refractivity contribution in [1.82, 2.24) is 10.3 Å². The first kappa shape index (κ1) is 20.5. The van der Waals surface area contributed by atoms with Gasteiger partial charge in [0.25, 0.3) is 0 Å². The van der Waals surface area contributed by atoms with E-state index in [9.17, 15) is 9.18 Å². The molecule has 2 heterocycles. The second-order valence-electron chi connectivity index (χ2n) is 7.66. The molecule has 2 aromatic carbocycles. The highest BCUT2D eigenvalue weighted by atomic mass is 32.1. The molecule has 3 aromatic rings. The SMILES string of the molecule is CC(C1CCNC1)N(C)c1nc2ccc(NC(=O)/C=C/c3ccc(F)cc3)cc2s1. The summed E-state index contributed by atoms with van der Waals surface area (Å²) in [6, 6.07) is 12.2. The van der Waals surface area contributed by atoms with E-state index in [4.69, 9.17) is 4.98 Å². The van der Waals surface area contributed by atoms with Crippen molar-refractivity contribution in [2.45, 2.75) is 19.4 Å². The summed E-state index contributed by atoms with van der Waals surface area (Å²) in [6.45, 7) is 4.39. The molecule has 1 aliphatic rings. The van der Waals surface area contributed by atoms with E-state index >= 15 is 0 Å². The number of amides is 1. The van der Waals surface area contributed by atoms with E-state index in [-0.39, 0.29) is 11.7 Å². The molecule has 7 heteroatoms. The molecule has 1 aliphatic heterocycles. The van der Waals surface area contributed by atoms with E-state index in [1.165, 1.54) is 24.6 Å². The maximum absolute atomic E-state index is 13.0. The molecule has 30 heavy (non-hydrogen) atoms. The summed E-state index contributed by atoms with van der Waals surface area (Å²) in [5.41, 5.74) is 2.42. The Balaban J connectivity index is 1.44. The van der Waals surface area contributed by atoms with Crippen LogP contribution in [0.2, 0.25) is 0 Å². The van der Waals surface area contributed by atoms with Crippen LogP contribution in [0.15, 0.2) is 48.5 Å². The van der Waals surface area contributed by atoms with Crippen LogP contribution in [0.25, 0.3) is 16.3 Å². The summed E-state index contributed by atoms with van der Waals surface area (Å²) in [5, 5.41) is 7.30. The van der Waals surface area contributed by atoms with Crippen LogP contribution in [0.1, 0.15) is 18.9 Å². The lowest BCUT2D eigenvalue weighted by atomic mass is 10.00. The van der Waals surface area contributed by atoms with Gasteiger partial charge in [0, 0.05) is 24.9 Å². The molecule has 1 fully saturated rings. The zero-order chi connectivity index (χ0) is 21.1. The van der Waals surface area contributed by atoms with Gasteiger partial charge in [0.1, 0.15) is 5.82 Å². The van der Waals surface area contributed by atoms with Gasteiger partial charge in [-0.05, 0) is 74.3 Å². The van der Waals surface area contributed by atoms with Crippen molar-refractivity contribution >= 4 is 44.4 Å². The first-order chi connectivity index (χ1) is 14.5. The Morgan fingerprint density at radius 2 is 2.13 bits per heavy atom. The molecule has 4 rings (SSSR count). The van der Waals surface area contributed by atoms with Gasteiger partial charge in [-0.15, -0.1) is 0 Å². The molecule has 0 spiro atoms. The van der Waals surface area contributed by atoms with Crippen LogP contribution in [0, 0.1) is 11.7 Å². The van der Waals surface area contributed by atoms with E-state index in [0.717, 1.165) is 39.7 Å². The number of nitrogens with zero attached hydrogens (tertiary/aromatic N) is 2. The van der Waals surface area contributed by atoms with Gasteiger partial charge in [0.15, 0.2) is 5.13 Å². The highest BCUT2D eigenvalue weighted by Crippen LogP contribution is 2.32. The van der Waals surface area contributed by atoms with Gasteiger partial charge >= 0.3 is 0 Å². The zero-order valence-corrected chi connectivity index (χ0v) is 17.9. The minimum absolute atomic E-state index is 0.233. The van der Waals surface area contributed by atoms with E-state index < -0.39 is 0 Å². The van der Waals surface area contributed by atoms with Gasteiger partial charge in [-0.3, -0.25) is 4.79 Å². The first-order valence-corrected chi connectivity index (χ1v) is 10.9. The summed E-state index contributed by atoms with van der Waals surface area (Å²) in [6.07, 6.45) is 4.30. The molecular formula is C23H25FN4OS. The van der Waals surface area contributed by atoms with Crippen molar-refractivity contribution < 1.29 is 9.18 Å². The number of carbonyl (C=O) groups is 1. The maximum Gasteiger partial charge on any atom is 0.248 e. The molecule has 1 saturated heterocycles. The number of hydrogen-bond acceptors (Lipinski definition) is 5. The molecule has 0 bridgehead atoms. The van der Waals surface area contributed by atoms with E-state index in [2.05, 4.69) is 29.5 Å². The molecule has 0 radical (unpaired) electrons. The third-order valence-corrected chi connectivity index (χ3v) is 6.74. The van der Waals surface area contributed by atoms with Gasteiger partial charge in [-0.2, -0.15) is 0 Å². The molecule has 1 amide bonds. The number of aromatic nitrogens is 1. The van der Waals surface area contributed by atoms with Gasteiger partial charge in [-0.25, -0.2) is 9.37 Å². The Morgan fingerprint density at radius 3 is 2.87 bits per heavy atom. The average Bonchev–Trinajstić information content (AvgIpc) is 3.42. The molecule has 5 nitrogen and oxygen atoms in total. The molecule has 0 aliphatic carbocycles. The van der Waals surface area contributed by atoms with Crippen LogP contribution in [0.5, 0.6) is 0 Å². The predicted molar refractivity (Wildman–Crippen MR) is 123 cm³/mol. The fraction of sp³-hybridized carbons (Fsp3) is 0.304. The summed E-state index contributed by atoms with van der Waals surface area (Å²) in [4.78, 5) is 19.3. The molecule has 1 aromatic heterocycles. The third-order valence-electron chi connectivity index (χ3n) is 5.64. The number of rotatable bonds is 6. The van der Waals surface area contributed by atoms with Crippen LogP contribution < -0.4 is 15.5 Å². The summed E-state index contributed by atoms with van der Waals surface area (Å²) < 4.78 is 14.0. The monoisotopic (exact) mass is 424 g/mol. The number of carbonyl (C=O) groups excluding carboxylic acids is 1. The molecule has 2 atom stereocenters. The minimum Gasteiger partial charge on any atom is -0.348 e. The van der Waals surface area contributed by atoms with Gasteiger partial charge in [-0.1, -0.05) is 23.5 Å². The Hall–Kier alpha value is -2.77. The number of anilines is 2. The second-order valence-corrected chi connectivity index (χ2v) is 8.67. The molecular weight excluding hydrogens is 399 g/mol. The lowest BCUT2D eigenvalue weighted by Crippen LogP contribution is -2.36. The van der Waals surface area contributed by atoms with Crippen LogP contribution >= 0.6 is 11.3 Å². The third kappa shape index (κ3) is 4.68. The van der Waals surface area contributed by atoms with Crippen molar-refractivity contribution in [1.29, 1.82) is 0 Å². The van der Waals surface area contributed by atoms with E-state index in [0.29, 0.717) is 12.0 Å². The van der Waals surface area contributed by atoms with Crippen molar-refractivity contribution in [3.8, 4) is 0 Å². The van der Waals surface area contributed by atoms with Gasteiger partial charge in [0.05, 0.1) is 10.2 Å². The second kappa shape index (κ2) is 8.93. The van der Waals surface area contributed by atoms with Crippen LogP contribution in [-0.2, 0) is 4.79 Å². The topological polar surface area (TPSA) is 57.3 Å². The highest BCUT2D eigenvalue weighted by Gasteiger charge is 2.26. The van der Waals surface area contributed by atoms with E-state index in [1.807, 2.05) is 18.2 Å². The lowest BCUT2D eigenvalue weighted by Gasteiger charge is -2.28. The highest BCUT2D eigenvalue weighted by molar-refractivity contribution is 7.22. The molecule has 0 saturated carbocycles. The Kier molecular flexibility index (Phi) is 6.11. The lowest BCUT2D eigenvalue weighted by molar-refractivity contribution is -0.111. The Labute approximate surface area is 179 Å². The standard InChI is InChI=1S/C23H25FN4OS/c1-15(17-11-12-25-14-17)28(2)23-27-20-9-8-19(13-21(20)30-23)26-22(29)10-5-16-3-6-18(24)7-4-16/h3-10,13,15,17,25H,11-12,14H2,1-2H3,(H,26,29)/b10-5+. The smallest absolute Gasteiger partial charge is 0.248 e. The largest absolute Gasteiger partial charge is 0.348 e.